The molecule has 1 fully saturated rings. The Morgan fingerprint density at radius 2 is 2.09 bits per heavy atom. The van der Waals surface area contributed by atoms with Crippen molar-refractivity contribution in [3.63, 3.8) is 0 Å². The van der Waals surface area contributed by atoms with Crippen LogP contribution in [0.5, 0.6) is 5.75 Å². The fourth-order valence-electron chi connectivity index (χ4n) is 4.31. The molecule has 0 bridgehead atoms. The third kappa shape index (κ3) is 4.60. The van der Waals surface area contributed by atoms with Crippen LogP contribution in [0.1, 0.15) is 25.1 Å². The van der Waals surface area contributed by atoms with Crippen molar-refractivity contribution in [2.24, 2.45) is 7.05 Å². The number of aromatic nitrogens is 3. The molecule has 2 atom stereocenters. The Morgan fingerprint density at radius 1 is 1.27 bits per heavy atom. The van der Waals surface area contributed by atoms with Gasteiger partial charge in [0, 0.05) is 43.9 Å². The third-order valence-corrected chi connectivity index (χ3v) is 6.87. The van der Waals surface area contributed by atoms with Gasteiger partial charge in [-0.05, 0) is 44.0 Å². The lowest BCUT2D eigenvalue weighted by molar-refractivity contribution is 0.0720. The van der Waals surface area contributed by atoms with E-state index in [4.69, 9.17) is 14.5 Å². The molecule has 1 N–H and O–H groups in total. The van der Waals surface area contributed by atoms with Crippen molar-refractivity contribution in [2.45, 2.75) is 39.3 Å². The fraction of sp³-hybridized carbons (Fsp3) is 0.458. The van der Waals surface area contributed by atoms with Gasteiger partial charge in [0.05, 0.1) is 24.9 Å². The second-order valence-corrected chi connectivity index (χ2v) is 8.99. The van der Waals surface area contributed by atoms with Crippen molar-refractivity contribution in [3.8, 4) is 17.1 Å². The first kappa shape index (κ1) is 23.3. The molecule has 9 heteroatoms. The van der Waals surface area contributed by atoms with E-state index in [2.05, 4.69) is 15.2 Å². The van der Waals surface area contributed by atoms with E-state index in [-0.39, 0.29) is 17.7 Å². The number of nitrogens with zero attached hydrogens (tertiary/aromatic N) is 4. The zero-order valence-corrected chi connectivity index (χ0v) is 20.6. The molecule has 2 unspecified atom stereocenters. The average Bonchev–Trinajstić information content (AvgIpc) is 3.48. The Balaban J connectivity index is 1.68. The number of benzene rings is 1. The predicted molar refractivity (Wildman–Crippen MR) is 133 cm³/mol. The van der Waals surface area contributed by atoms with Crippen LogP contribution in [0.3, 0.4) is 0 Å². The summed E-state index contributed by atoms with van der Waals surface area (Å²) in [6.07, 6.45) is 2.41. The summed E-state index contributed by atoms with van der Waals surface area (Å²) >= 11 is 1.61. The average molecular weight is 470 g/mol. The highest BCUT2D eigenvalue weighted by Crippen LogP contribution is 2.28. The molecule has 33 heavy (non-hydrogen) atoms. The zero-order chi connectivity index (χ0) is 23.5. The van der Waals surface area contributed by atoms with Crippen molar-refractivity contribution in [3.05, 3.63) is 51.4 Å². The maximum absolute atomic E-state index is 13.5. The number of methoxy groups -OCH3 is 1. The lowest BCUT2D eigenvalue weighted by Gasteiger charge is -2.22. The molecule has 176 valence electrons. The molecule has 1 aromatic carbocycles. The lowest BCUT2D eigenvalue weighted by atomic mass is 10.1. The van der Waals surface area contributed by atoms with E-state index in [9.17, 15) is 4.79 Å². The van der Waals surface area contributed by atoms with Gasteiger partial charge < -0.3 is 19.7 Å². The number of nitrogens with one attached hydrogen (secondary N) is 1. The molecule has 8 nitrogen and oxygen atoms in total. The summed E-state index contributed by atoms with van der Waals surface area (Å²) in [4.78, 5) is 25.1. The van der Waals surface area contributed by atoms with Gasteiger partial charge in [-0.3, -0.25) is 9.36 Å². The first-order chi connectivity index (χ1) is 16.0. The normalized spacial score (nSPS) is 18.0. The molecule has 4 rings (SSSR count). The van der Waals surface area contributed by atoms with Gasteiger partial charge in [-0.25, -0.2) is 9.97 Å². The molecule has 3 aromatic rings. The lowest BCUT2D eigenvalue weighted by Crippen LogP contribution is -2.38. The largest absolute Gasteiger partial charge is 0.497 e. The topological polar surface area (TPSA) is 81.5 Å². The molecule has 1 aliphatic heterocycles. The minimum atomic E-state index is -0.0879. The van der Waals surface area contributed by atoms with Crippen molar-refractivity contribution in [1.29, 1.82) is 0 Å². The maximum Gasteiger partial charge on any atom is 0.277 e. The zero-order valence-electron chi connectivity index (χ0n) is 19.8. The van der Waals surface area contributed by atoms with E-state index in [0.29, 0.717) is 31.1 Å². The van der Waals surface area contributed by atoms with Crippen LogP contribution in [-0.4, -0.2) is 53.5 Å². The Hall–Kier alpha value is -2.91. The van der Waals surface area contributed by atoms with Gasteiger partial charge in [-0.1, -0.05) is 6.92 Å². The van der Waals surface area contributed by atoms with Crippen molar-refractivity contribution < 1.29 is 9.47 Å². The highest BCUT2D eigenvalue weighted by Gasteiger charge is 2.35. The number of hydrogen-bond acceptors (Lipinski definition) is 8. The quantitative estimate of drug-likeness (QED) is 0.541. The highest BCUT2D eigenvalue weighted by atomic mass is 32.1. The van der Waals surface area contributed by atoms with Crippen LogP contribution in [0.2, 0.25) is 0 Å². The molecule has 1 aliphatic rings. The minimum absolute atomic E-state index is 0.0396. The molecule has 2 aromatic heterocycles. The summed E-state index contributed by atoms with van der Waals surface area (Å²) in [6.45, 7) is 8.07. The second-order valence-electron chi connectivity index (χ2n) is 8.12. The van der Waals surface area contributed by atoms with Crippen molar-refractivity contribution >= 4 is 22.2 Å². The van der Waals surface area contributed by atoms with Crippen LogP contribution in [0.25, 0.3) is 11.4 Å². The van der Waals surface area contributed by atoms with Crippen LogP contribution in [0.4, 0.5) is 10.8 Å². The van der Waals surface area contributed by atoms with E-state index in [1.807, 2.05) is 50.5 Å². The Bertz CT molecular complexity index is 1160. The number of thiazole rings is 1. The number of hydrogen-bond donors (Lipinski definition) is 1. The van der Waals surface area contributed by atoms with E-state index in [0.717, 1.165) is 34.2 Å². The van der Waals surface area contributed by atoms with Crippen LogP contribution in [0, 0.1) is 6.92 Å². The molecule has 0 amide bonds. The van der Waals surface area contributed by atoms with E-state index < -0.39 is 0 Å². The van der Waals surface area contributed by atoms with Gasteiger partial charge in [-0.15, -0.1) is 11.3 Å². The molecular weight excluding hydrogens is 438 g/mol. The van der Waals surface area contributed by atoms with Gasteiger partial charge in [-0.2, -0.15) is 0 Å². The molecule has 1 saturated heterocycles. The Kier molecular flexibility index (Phi) is 6.99. The minimum Gasteiger partial charge on any atom is -0.497 e. The van der Waals surface area contributed by atoms with E-state index in [1.165, 1.54) is 0 Å². The SMILES string of the molecule is CCOC1CN(c2nccs2)CC1Nc1c(CC)nc(-c2ccc(OC)cc2C)n(C)c1=O. The molecular formula is C24H31N5O3S. The van der Waals surface area contributed by atoms with E-state index >= 15 is 0 Å². The fourth-order valence-corrected chi connectivity index (χ4v) is 4.97. The number of anilines is 2. The summed E-state index contributed by atoms with van der Waals surface area (Å²) in [6, 6.07) is 5.76. The maximum atomic E-state index is 13.5. The number of rotatable bonds is 8. The standard InChI is InChI=1S/C24H31N5O3S/c1-6-18-21(26-19-13-29(14-20(19)32-7-2)24-25-10-11-33-24)23(30)28(4)22(27-18)17-9-8-16(31-5)12-15(17)3/h8-12,19-20,26H,6-7,13-14H2,1-5H3. The Morgan fingerprint density at radius 3 is 2.73 bits per heavy atom. The third-order valence-electron chi connectivity index (χ3n) is 6.04. The molecule has 3 heterocycles. The summed E-state index contributed by atoms with van der Waals surface area (Å²) in [5.41, 5.74) is 3.14. The summed E-state index contributed by atoms with van der Waals surface area (Å²) < 4.78 is 13.0. The predicted octanol–water partition coefficient (Wildman–Crippen LogP) is 3.49. The highest BCUT2D eigenvalue weighted by molar-refractivity contribution is 7.13. The number of aryl methyl sites for hydroxylation is 2. The van der Waals surface area contributed by atoms with Crippen molar-refractivity contribution in [2.75, 3.05) is 37.0 Å². The van der Waals surface area contributed by atoms with Crippen LogP contribution < -0.4 is 20.5 Å². The second kappa shape index (κ2) is 9.93. The van der Waals surface area contributed by atoms with Crippen molar-refractivity contribution in [1.82, 2.24) is 14.5 Å². The van der Waals surface area contributed by atoms with Gasteiger partial charge in [0.2, 0.25) is 0 Å². The van der Waals surface area contributed by atoms with Gasteiger partial charge in [0.25, 0.3) is 5.56 Å². The summed E-state index contributed by atoms with van der Waals surface area (Å²) in [7, 11) is 3.42. The molecule has 0 spiro atoms. The smallest absolute Gasteiger partial charge is 0.277 e. The van der Waals surface area contributed by atoms with Crippen LogP contribution in [-0.2, 0) is 18.2 Å². The van der Waals surface area contributed by atoms with Gasteiger partial charge in [0.1, 0.15) is 17.3 Å². The molecule has 0 aliphatic carbocycles. The van der Waals surface area contributed by atoms with Gasteiger partial charge >= 0.3 is 0 Å². The Labute approximate surface area is 198 Å². The molecule has 0 radical (unpaired) electrons. The van der Waals surface area contributed by atoms with E-state index in [1.54, 1.807) is 30.1 Å². The summed E-state index contributed by atoms with van der Waals surface area (Å²) in [5.74, 6) is 1.43. The van der Waals surface area contributed by atoms with Crippen LogP contribution >= 0.6 is 11.3 Å². The van der Waals surface area contributed by atoms with Gasteiger partial charge in [0.15, 0.2) is 5.13 Å². The monoisotopic (exact) mass is 469 g/mol. The number of ether oxygens (including phenoxy) is 2. The summed E-state index contributed by atoms with van der Waals surface area (Å²) in [5, 5.41) is 6.44. The first-order valence-electron chi connectivity index (χ1n) is 11.2. The first-order valence-corrected chi connectivity index (χ1v) is 12.1. The molecule has 0 saturated carbocycles. The van der Waals surface area contributed by atoms with Crippen LogP contribution in [0.15, 0.2) is 34.6 Å².